The summed E-state index contributed by atoms with van der Waals surface area (Å²) in [6.07, 6.45) is 0.164. The summed E-state index contributed by atoms with van der Waals surface area (Å²) in [6.45, 7) is 4.39. The van der Waals surface area contributed by atoms with Gasteiger partial charge in [0.2, 0.25) is 0 Å². The van der Waals surface area contributed by atoms with Gasteiger partial charge in [0.1, 0.15) is 0 Å². The van der Waals surface area contributed by atoms with Gasteiger partial charge in [0, 0.05) is 10.2 Å². The van der Waals surface area contributed by atoms with Crippen molar-refractivity contribution >= 4 is 32.4 Å². The first kappa shape index (κ1) is 13.7. The quantitative estimate of drug-likeness (QED) is 0.851. The van der Waals surface area contributed by atoms with E-state index in [1.165, 1.54) is 0 Å². The first-order valence-corrected chi connectivity index (χ1v) is 7.17. The van der Waals surface area contributed by atoms with Crippen LogP contribution in [0.25, 0.3) is 0 Å². The van der Waals surface area contributed by atoms with Gasteiger partial charge < -0.3 is 10.5 Å². The van der Waals surface area contributed by atoms with Crippen LogP contribution in [-0.2, 0) is 15.5 Å². The zero-order chi connectivity index (χ0) is 12.1. The molecule has 0 aliphatic heterocycles. The van der Waals surface area contributed by atoms with Gasteiger partial charge in [0.15, 0.2) is 0 Å². The fourth-order valence-corrected chi connectivity index (χ4v) is 2.74. The van der Waals surface area contributed by atoms with Crippen molar-refractivity contribution in [3.8, 4) is 0 Å². The summed E-state index contributed by atoms with van der Waals surface area (Å²) in [6, 6.07) is 5.38. The lowest BCUT2D eigenvalue weighted by Gasteiger charge is -2.09. The highest BCUT2D eigenvalue weighted by Crippen LogP contribution is 2.21. The van der Waals surface area contributed by atoms with E-state index in [0.717, 1.165) is 4.47 Å². The van der Waals surface area contributed by atoms with E-state index in [9.17, 15) is 4.21 Å². The van der Waals surface area contributed by atoms with Gasteiger partial charge >= 0.3 is 0 Å². The third-order valence-electron chi connectivity index (χ3n) is 1.94. The monoisotopic (exact) mass is 305 g/mol. The van der Waals surface area contributed by atoms with Gasteiger partial charge in [0.25, 0.3) is 0 Å². The van der Waals surface area contributed by atoms with Crippen LogP contribution in [0.2, 0.25) is 0 Å². The Morgan fingerprint density at radius 1 is 1.50 bits per heavy atom. The number of nitrogens with two attached hydrogens (primary N) is 1. The third kappa shape index (κ3) is 4.23. The van der Waals surface area contributed by atoms with Gasteiger partial charge in [-0.3, -0.25) is 4.21 Å². The summed E-state index contributed by atoms with van der Waals surface area (Å²) >= 11 is 3.33. The van der Waals surface area contributed by atoms with Crippen molar-refractivity contribution in [1.82, 2.24) is 0 Å². The van der Waals surface area contributed by atoms with Crippen LogP contribution in [0.5, 0.6) is 0 Å². The van der Waals surface area contributed by atoms with Crippen LogP contribution in [0.1, 0.15) is 13.8 Å². The van der Waals surface area contributed by atoms with E-state index in [1.807, 2.05) is 19.9 Å². The topological polar surface area (TPSA) is 52.3 Å². The number of rotatable bonds is 5. The van der Waals surface area contributed by atoms with Crippen molar-refractivity contribution in [1.29, 1.82) is 0 Å². The Kier molecular flexibility index (Phi) is 5.44. The molecule has 1 rings (SSSR count). The second-order valence-electron chi connectivity index (χ2n) is 3.65. The van der Waals surface area contributed by atoms with E-state index in [-0.39, 0.29) is 6.10 Å². The highest BCUT2D eigenvalue weighted by atomic mass is 79.9. The average molecular weight is 306 g/mol. The molecular weight excluding hydrogens is 290 g/mol. The van der Waals surface area contributed by atoms with Gasteiger partial charge in [-0.15, -0.1) is 0 Å². The maximum atomic E-state index is 11.9. The van der Waals surface area contributed by atoms with E-state index in [4.69, 9.17) is 10.5 Å². The lowest BCUT2D eigenvalue weighted by molar-refractivity contribution is 0.0916. The Labute approximate surface area is 107 Å². The SMILES string of the molecule is CC(C)OCCS(=O)c1cc(Br)ccc1N. The Balaban J connectivity index is 2.62. The molecule has 16 heavy (non-hydrogen) atoms. The van der Waals surface area contributed by atoms with Crippen molar-refractivity contribution in [2.45, 2.75) is 24.8 Å². The smallest absolute Gasteiger partial charge is 0.0629 e. The minimum Gasteiger partial charge on any atom is -0.398 e. The number of hydrogen-bond donors (Lipinski definition) is 1. The fourth-order valence-electron chi connectivity index (χ4n) is 1.17. The van der Waals surface area contributed by atoms with Crippen LogP contribution in [0, 0.1) is 0 Å². The lowest BCUT2D eigenvalue weighted by Crippen LogP contribution is -2.11. The van der Waals surface area contributed by atoms with E-state index in [1.54, 1.807) is 12.1 Å². The molecule has 90 valence electrons. The predicted molar refractivity (Wildman–Crippen MR) is 70.9 cm³/mol. The van der Waals surface area contributed by atoms with Crippen molar-refractivity contribution in [3.63, 3.8) is 0 Å². The number of halogens is 1. The highest BCUT2D eigenvalue weighted by Gasteiger charge is 2.08. The fraction of sp³-hybridized carbons (Fsp3) is 0.455. The van der Waals surface area contributed by atoms with Crippen molar-refractivity contribution in [2.75, 3.05) is 18.1 Å². The zero-order valence-corrected chi connectivity index (χ0v) is 11.8. The maximum Gasteiger partial charge on any atom is 0.0629 e. The van der Waals surface area contributed by atoms with Gasteiger partial charge in [0.05, 0.1) is 34.2 Å². The van der Waals surface area contributed by atoms with Crippen LogP contribution in [-0.4, -0.2) is 22.7 Å². The molecule has 0 radical (unpaired) electrons. The normalized spacial score (nSPS) is 13.0. The molecule has 0 bridgehead atoms. The minimum atomic E-state index is -1.10. The minimum absolute atomic E-state index is 0.164. The molecule has 0 spiro atoms. The van der Waals surface area contributed by atoms with Crippen LogP contribution < -0.4 is 5.73 Å². The molecule has 1 atom stereocenters. The molecule has 3 nitrogen and oxygen atoms in total. The number of hydrogen-bond acceptors (Lipinski definition) is 3. The van der Waals surface area contributed by atoms with Crippen molar-refractivity contribution in [2.24, 2.45) is 0 Å². The van der Waals surface area contributed by atoms with Crippen molar-refractivity contribution in [3.05, 3.63) is 22.7 Å². The first-order chi connectivity index (χ1) is 7.50. The Morgan fingerprint density at radius 3 is 2.81 bits per heavy atom. The summed E-state index contributed by atoms with van der Waals surface area (Å²) in [4.78, 5) is 0.668. The molecule has 0 aliphatic rings. The van der Waals surface area contributed by atoms with E-state index in [2.05, 4.69) is 15.9 Å². The van der Waals surface area contributed by atoms with Crippen LogP contribution in [0.4, 0.5) is 5.69 Å². The molecule has 5 heteroatoms. The maximum absolute atomic E-state index is 11.9. The molecule has 0 saturated heterocycles. The van der Waals surface area contributed by atoms with Gasteiger partial charge in [-0.25, -0.2) is 0 Å². The van der Waals surface area contributed by atoms with Crippen molar-refractivity contribution < 1.29 is 8.95 Å². The number of nitrogen functional groups attached to an aromatic ring is 1. The Hall–Kier alpha value is -0.390. The Morgan fingerprint density at radius 2 is 2.19 bits per heavy atom. The molecule has 2 N–H and O–H groups in total. The highest BCUT2D eigenvalue weighted by molar-refractivity contribution is 9.10. The molecule has 0 aromatic heterocycles. The van der Waals surface area contributed by atoms with Gasteiger partial charge in [-0.05, 0) is 32.0 Å². The van der Waals surface area contributed by atoms with Gasteiger partial charge in [-0.1, -0.05) is 15.9 Å². The van der Waals surface area contributed by atoms with Crippen LogP contribution >= 0.6 is 15.9 Å². The first-order valence-electron chi connectivity index (χ1n) is 5.05. The van der Waals surface area contributed by atoms with E-state index >= 15 is 0 Å². The molecule has 1 aromatic carbocycles. The van der Waals surface area contributed by atoms with E-state index in [0.29, 0.717) is 22.9 Å². The van der Waals surface area contributed by atoms with Gasteiger partial charge in [-0.2, -0.15) is 0 Å². The zero-order valence-electron chi connectivity index (χ0n) is 9.40. The molecular formula is C11H16BrNO2S. The summed E-state index contributed by atoms with van der Waals surface area (Å²) in [7, 11) is -1.10. The second kappa shape index (κ2) is 6.37. The second-order valence-corrected chi connectivity index (χ2v) is 6.11. The molecule has 0 heterocycles. The molecule has 0 amide bonds. The largest absolute Gasteiger partial charge is 0.398 e. The molecule has 0 aliphatic carbocycles. The number of ether oxygens (including phenoxy) is 1. The summed E-state index contributed by atoms with van der Waals surface area (Å²) in [5.74, 6) is 0.471. The molecule has 1 aromatic rings. The summed E-state index contributed by atoms with van der Waals surface area (Å²) in [5, 5.41) is 0. The summed E-state index contributed by atoms with van der Waals surface area (Å²) in [5.41, 5.74) is 6.33. The number of benzene rings is 1. The Bertz CT molecular complexity index is 382. The lowest BCUT2D eigenvalue weighted by atomic mass is 10.3. The standard InChI is InChI=1S/C11H16BrNO2S/c1-8(2)15-5-6-16(14)11-7-9(12)3-4-10(11)13/h3-4,7-8H,5-6,13H2,1-2H3. The predicted octanol–water partition coefficient (Wildman–Crippen LogP) is 2.56. The van der Waals surface area contributed by atoms with E-state index < -0.39 is 10.8 Å². The third-order valence-corrected chi connectivity index (χ3v) is 3.82. The molecule has 0 saturated carbocycles. The molecule has 0 fully saturated rings. The van der Waals surface area contributed by atoms with Crippen LogP contribution in [0.15, 0.2) is 27.6 Å². The average Bonchev–Trinajstić information content (AvgIpc) is 2.21. The summed E-state index contributed by atoms with van der Waals surface area (Å²) < 4.78 is 18.2. The number of anilines is 1. The molecule has 1 unspecified atom stereocenters. The van der Waals surface area contributed by atoms with Crippen LogP contribution in [0.3, 0.4) is 0 Å².